The maximum atomic E-state index is 13.0. The van der Waals surface area contributed by atoms with Gasteiger partial charge in [-0.25, -0.2) is 0 Å². The van der Waals surface area contributed by atoms with Crippen molar-refractivity contribution in [2.75, 3.05) is 54.2 Å². The molecule has 0 radical (unpaired) electrons. The van der Waals surface area contributed by atoms with E-state index in [4.69, 9.17) is 18.9 Å². The summed E-state index contributed by atoms with van der Waals surface area (Å²) in [6, 6.07) is 9.85. The van der Waals surface area contributed by atoms with Gasteiger partial charge in [0.25, 0.3) is 5.91 Å². The Morgan fingerprint density at radius 3 is 2.61 bits per heavy atom. The first kappa shape index (κ1) is 21.3. The summed E-state index contributed by atoms with van der Waals surface area (Å²) in [5.74, 6) is 3.00. The van der Waals surface area contributed by atoms with Crippen LogP contribution in [0.5, 0.6) is 23.0 Å². The number of rotatable bonds is 9. The van der Waals surface area contributed by atoms with Crippen LogP contribution >= 0.6 is 0 Å². The molecule has 1 amide bonds. The molecule has 4 rings (SSSR count). The number of likely N-dealkylation sites (N-methyl/N-ethyl adjacent to an activating group) is 1. The summed E-state index contributed by atoms with van der Waals surface area (Å²) in [7, 11) is 5.33. The van der Waals surface area contributed by atoms with E-state index >= 15 is 0 Å². The molecule has 31 heavy (non-hydrogen) atoms. The molecule has 2 aliphatic rings. The molecule has 0 fully saturated rings. The van der Waals surface area contributed by atoms with Gasteiger partial charge in [-0.2, -0.15) is 0 Å². The number of hydrogen-bond donors (Lipinski definition) is 0. The van der Waals surface area contributed by atoms with Crippen LogP contribution in [0, 0.1) is 0 Å². The van der Waals surface area contributed by atoms with E-state index in [1.54, 1.807) is 20.3 Å². The van der Waals surface area contributed by atoms with Gasteiger partial charge in [-0.3, -0.25) is 4.79 Å². The Kier molecular flexibility index (Phi) is 6.51. The molecule has 0 atom stereocenters. The molecule has 0 unspecified atom stereocenters. The Morgan fingerprint density at radius 1 is 1.03 bits per heavy atom. The number of nitrogens with zero attached hydrogens (tertiary/aromatic N) is 2. The molecule has 0 bridgehead atoms. The molecule has 2 aromatic carbocycles. The Balaban J connectivity index is 1.25. The van der Waals surface area contributed by atoms with Gasteiger partial charge in [0.05, 0.1) is 14.2 Å². The summed E-state index contributed by atoms with van der Waals surface area (Å²) < 4.78 is 21.6. The summed E-state index contributed by atoms with van der Waals surface area (Å²) in [5.41, 5.74) is 2.99. The van der Waals surface area contributed by atoms with Crippen LogP contribution in [0.1, 0.15) is 27.9 Å². The summed E-state index contributed by atoms with van der Waals surface area (Å²) >= 11 is 0. The summed E-state index contributed by atoms with van der Waals surface area (Å²) in [4.78, 5) is 17.2. The minimum atomic E-state index is 0.0743. The fourth-order valence-corrected chi connectivity index (χ4v) is 4.13. The zero-order valence-electron chi connectivity index (χ0n) is 18.5. The molecular formula is C24H30N2O5. The highest BCUT2D eigenvalue weighted by atomic mass is 16.7. The largest absolute Gasteiger partial charge is 0.493 e. The fourth-order valence-electron chi connectivity index (χ4n) is 4.13. The lowest BCUT2D eigenvalue weighted by Crippen LogP contribution is -2.39. The molecular weight excluding hydrogens is 396 g/mol. The normalized spacial score (nSPS) is 14.7. The van der Waals surface area contributed by atoms with Crippen molar-refractivity contribution >= 4 is 5.91 Å². The van der Waals surface area contributed by atoms with Crippen molar-refractivity contribution in [1.82, 2.24) is 9.80 Å². The third kappa shape index (κ3) is 4.71. The molecule has 2 aliphatic heterocycles. The highest BCUT2D eigenvalue weighted by Crippen LogP contribution is 2.34. The zero-order valence-corrected chi connectivity index (χ0v) is 18.5. The van der Waals surface area contributed by atoms with Crippen molar-refractivity contribution in [3.05, 3.63) is 47.0 Å². The van der Waals surface area contributed by atoms with Gasteiger partial charge in [-0.1, -0.05) is 6.07 Å². The van der Waals surface area contributed by atoms with Crippen molar-refractivity contribution < 1.29 is 23.7 Å². The maximum Gasteiger partial charge on any atom is 0.254 e. The summed E-state index contributed by atoms with van der Waals surface area (Å²) in [5, 5.41) is 0. The van der Waals surface area contributed by atoms with Gasteiger partial charge in [-0.05, 0) is 68.2 Å². The van der Waals surface area contributed by atoms with E-state index in [0.717, 1.165) is 68.1 Å². The third-order valence-electron chi connectivity index (χ3n) is 5.97. The van der Waals surface area contributed by atoms with Gasteiger partial charge in [-0.15, -0.1) is 0 Å². The quantitative estimate of drug-likeness (QED) is 0.614. The van der Waals surface area contributed by atoms with E-state index in [2.05, 4.69) is 24.1 Å². The van der Waals surface area contributed by atoms with Gasteiger partial charge in [0.1, 0.15) is 0 Å². The van der Waals surface area contributed by atoms with Crippen LogP contribution in [0.3, 0.4) is 0 Å². The fraction of sp³-hybridized carbons (Fsp3) is 0.458. The first-order valence-corrected chi connectivity index (χ1v) is 10.7. The summed E-state index contributed by atoms with van der Waals surface area (Å²) in [6.45, 7) is 3.68. The van der Waals surface area contributed by atoms with Gasteiger partial charge >= 0.3 is 0 Å². The predicted octanol–water partition coefficient (Wildman–Crippen LogP) is 3.00. The second kappa shape index (κ2) is 9.47. The average Bonchev–Trinajstić information content (AvgIpc) is 3.26. The molecule has 166 valence electrons. The van der Waals surface area contributed by atoms with Crippen LogP contribution in [-0.4, -0.2) is 69.9 Å². The second-order valence-corrected chi connectivity index (χ2v) is 8.00. The van der Waals surface area contributed by atoms with E-state index in [9.17, 15) is 4.79 Å². The first-order chi connectivity index (χ1) is 15.1. The number of benzene rings is 2. The standard InChI is InChI=1S/C24H30N2O5/c1-25(11-7-17-5-6-20-23(13-17)31-16-30-20)9-4-10-26-12-8-18-14-21(28-2)22(29-3)15-19(18)24(26)27/h5-6,13-15H,4,7-12,16H2,1-3H3. The number of amides is 1. The average molecular weight is 427 g/mol. The molecule has 0 aromatic heterocycles. The Morgan fingerprint density at radius 2 is 1.81 bits per heavy atom. The number of ether oxygens (including phenoxy) is 4. The minimum absolute atomic E-state index is 0.0743. The van der Waals surface area contributed by atoms with Crippen molar-refractivity contribution in [3.63, 3.8) is 0 Å². The SMILES string of the molecule is COc1cc2c(cc1OC)C(=O)N(CCCN(C)CCc1ccc3c(c1)OCO3)CC2. The third-order valence-corrected chi connectivity index (χ3v) is 5.97. The highest BCUT2D eigenvalue weighted by molar-refractivity contribution is 5.97. The number of carbonyl (C=O) groups is 1. The summed E-state index contributed by atoms with van der Waals surface area (Å²) in [6.07, 6.45) is 2.72. The molecule has 0 N–H and O–H groups in total. The number of hydrogen-bond acceptors (Lipinski definition) is 6. The minimum Gasteiger partial charge on any atom is -0.493 e. The smallest absolute Gasteiger partial charge is 0.254 e. The predicted molar refractivity (Wildman–Crippen MR) is 118 cm³/mol. The topological polar surface area (TPSA) is 60.5 Å². The highest BCUT2D eigenvalue weighted by Gasteiger charge is 2.26. The number of methoxy groups -OCH3 is 2. The monoisotopic (exact) mass is 426 g/mol. The van der Waals surface area contributed by atoms with Crippen molar-refractivity contribution in [1.29, 1.82) is 0 Å². The Hall–Kier alpha value is -2.93. The molecule has 7 heteroatoms. The molecule has 0 aliphatic carbocycles. The van der Waals surface area contributed by atoms with Crippen LogP contribution in [0.15, 0.2) is 30.3 Å². The van der Waals surface area contributed by atoms with Crippen molar-refractivity contribution in [2.45, 2.75) is 19.3 Å². The van der Waals surface area contributed by atoms with Crippen molar-refractivity contribution in [3.8, 4) is 23.0 Å². The first-order valence-electron chi connectivity index (χ1n) is 10.7. The molecule has 2 heterocycles. The van der Waals surface area contributed by atoms with E-state index in [-0.39, 0.29) is 5.91 Å². The van der Waals surface area contributed by atoms with Crippen molar-refractivity contribution in [2.24, 2.45) is 0 Å². The van der Waals surface area contributed by atoms with Crippen LogP contribution in [0.25, 0.3) is 0 Å². The van der Waals surface area contributed by atoms with Gasteiger partial charge in [0.15, 0.2) is 23.0 Å². The zero-order chi connectivity index (χ0) is 21.8. The van der Waals surface area contributed by atoms with E-state index in [1.165, 1.54) is 5.56 Å². The lowest BCUT2D eigenvalue weighted by Gasteiger charge is -2.30. The molecule has 0 saturated carbocycles. The molecule has 2 aromatic rings. The molecule has 7 nitrogen and oxygen atoms in total. The number of fused-ring (bicyclic) bond motifs is 2. The molecule has 0 saturated heterocycles. The Labute approximate surface area is 183 Å². The van der Waals surface area contributed by atoms with Gasteiger partial charge in [0, 0.05) is 25.2 Å². The van der Waals surface area contributed by atoms with Crippen LogP contribution in [-0.2, 0) is 12.8 Å². The molecule has 0 spiro atoms. The maximum absolute atomic E-state index is 13.0. The van der Waals surface area contributed by atoms with Gasteiger partial charge < -0.3 is 28.7 Å². The lowest BCUT2D eigenvalue weighted by atomic mass is 9.98. The van der Waals surface area contributed by atoms with Crippen LogP contribution in [0.4, 0.5) is 0 Å². The number of carbonyl (C=O) groups excluding carboxylic acids is 1. The van der Waals surface area contributed by atoms with E-state index in [1.807, 2.05) is 17.0 Å². The van der Waals surface area contributed by atoms with Crippen LogP contribution < -0.4 is 18.9 Å². The second-order valence-electron chi connectivity index (χ2n) is 8.00. The lowest BCUT2D eigenvalue weighted by molar-refractivity contribution is 0.0732. The van der Waals surface area contributed by atoms with Gasteiger partial charge in [0.2, 0.25) is 6.79 Å². The van der Waals surface area contributed by atoms with E-state index in [0.29, 0.717) is 18.3 Å². The van der Waals surface area contributed by atoms with Crippen LogP contribution in [0.2, 0.25) is 0 Å². The van der Waals surface area contributed by atoms with E-state index < -0.39 is 0 Å². The Bertz CT molecular complexity index is 946.